The lowest BCUT2D eigenvalue weighted by Crippen LogP contribution is -2.33. The van der Waals surface area contributed by atoms with E-state index in [9.17, 15) is 0 Å². The highest BCUT2D eigenvalue weighted by Crippen LogP contribution is 2.18. The van der Waals surface area contributed by atoms with Crippen molar-refractivity contribution in [3.63, 3.8) is 0 Å². The zero-order valence-electron chi connectivity index (χ0n) is 16.2. The topological polar surface area (TPSA) is 54.4 Å². The first-order chi connectivity index (χ1) is 12.5. The third kappa shape index (κ3) is 6.11. The van der Waals surface area contributed by atoms with Crippen LogP contribution in [0.5, 0.6) is 6.01 Å². The number of pyridine rings is 1. The van der Waals surface area contributed by atoms with Gasteiger partial charge in [-0.25, -0.2) is 4.98 Å². The molecular weight excluding hydrogens is 326 g/mol. The Kier molecular flexibility index (Phi) is 7.53. The average Bonchev–Trinajstić information content (AvgIpc) is 2.61. The molecule has 0 saturated carbocycles. The monoisotopic (exact) mass is 355 g/mol. The van der Waals surface area contributed by atoms with E-state index in [-0.39, 0.29) is 6.10 Å². The maximum Gasteiger partial charge on any atom is 0.318 e. The van der Waals surface area contributed by atoms with Crippen LogP contribution in [0.1, 0.15) is 24.0 Å². The average molecular weight is 355 g/mol. The smallest absolute Gasteiger partial charge is 0.318 e. The van der Waals surface area contributed by atoms with Crippen molar-refractivity contribution >= 4 is 5.82 Å². The second-order valence-corrected chi connectivity index (χ2v) is 6.72. The van der Waals surface area contributed by atoms with Crippen molar-refractivity contribution in [2.75, 3.05) is 32.6 Å². The van der Waals surface area contributed by atoms with Crippen LogP contribution < -0.4 is 9.64 Å². The van der Waals surface area contributed by atoms with Crippen LogP contribution in [-0.4, -0.2) is 53.6 Å². The quantitative estimate of drug-likeness (QED) is 0.611. The molecule has 2 aromatic heterocycles. The summed E-state index contributed by atoms with van der Waals surface area (Å²) in [6.45, 7) is 7.41. The van der Waals surface area contributed by atoms with Gasteiger partial charge in [-0.3, -0.25) is 9.88 Å². The molecule has 0 fully saturated rings. The van der Waals surface area contributed by atoms with Gasteiger partial charge in [-0.1, -0.05) is 12.1 Å². The van der Waals surface area contributed by atoms with Gasteiger partial charge in [0.05, 0.1) is 0 Å². The number of aryl methyl sites for hydroxylation is 1. The van der Waals surface area contributed by atoms with E-state index < -0.39 is 0 Å². The molecule has 1 atom stereocenters. The molecule has 6 nitrogen and oxygen atoms in total. The molecule has 0 bridgehead atoms. The summed E-state index contributed by atoms with van der Waals surface area (Å²) in [7, 11) is 6.02. The number of anilines is 1. The van der Waals surface area contributed by atoms with Crippen molar-refractivity contribution in [2.45, 2.75) is 32.4 Å². The minimum absolute atomic E-state index is 0.00705. The fourth-order valence-electron chi connectivity index (χ4n) is 2.78. The predicted octanol–water partition coefficient (Wildman–Crippen LogP) is 3.09. The standard InChI is InChI=1S/C20H29N5O/c1-6-7-10-18(15-25(5)14-17-9-8-11-21-13-17)26-20-22-12-16(2)19(23-20)24(3)4/h6,8-9,11-13,18H,1,7,10,14-15H2,2-5H3/t18-/m0/s1. The fourth-order valence-corrected chi connectivity index (χ4v) is 2.78. The minimum atomic E-state index is -0.00705. The highest BCUT2D eigenvalue weighted by atomic mass is 16.5. The number of ether oxygens (including phenoxy) is 1. The lowest BCUT2D eigenvalue weighted by Gasteiger charge is -2.24. The maximum atomic E-state index is 6.12. The molecule has 0 spiro atoms. The van der Waals surface area contributed by atoms with Gasteiger partial charge in [0.15, 0.2) is 0 Å². The molecular formula is C20H29N5O. The third-order valence-electron chi connectivity index (χ3n) is 4.00. The Morgan fingerprint density at radius 2 is 2.08 bits per heavy atom. The molecule has 140 valence electrons. The van der Waals surface area contributed by atoms with Gasteiger partial charge in [0, 0.05) is 51.3 Å². The summed E-state index contributed by atoms with van der Waals surface area (Å²) in [4.78, 5) is 17.3. The Bertz CT molecular complexity index is 690. The van der Waals surface area contributed by atoms with Crippen LogP contribution in [-0.2, 0) is 6.54 Å². The normalized spacial score (nSPS) is 12.0. The molecule has 0 aliphatic carbocycles. The number of allylic oxidation sites excluding steroid dienone is 1. The van der Waals surface area contributed by atoms with Crippen molar-refractivity contribution in [2.24, 2.45) is 0 Å². The van der Waals surface area contributed by atoms with E-state index in [1.165, 1.54) is 5.56 Å². The summed E-state index contributed by atoms with van der Waals surface area (Å²) >= 11 is 0. The van der Waals surface area contributed by atoms with Crippen LogP contribution in [0.25, 0.3) is 0 Å². The number of nitrogens with zero attached hydrogens (tertiary/aromatic N) is 5. The summed E-state index contributed by atoms with van der Waals surface area (Å²) < 4.78 is 6.12. The van der Waals surface area contributed by atoms with Crippen molar-refractivity contribution in [3.05, 3.63) is 54.5 Å². The molecule has 0 N–H and O–H groups in total. The molecule has 6 heteroatoms. The zero-order chi connectivity index (χ0) is 18.9. The SMILES string of the molecule is C=CCC[C@@H](CN(C)Cc1cccnc1)Oc1ncc(C)c(N(C)C)n1. The second-order valence-electron chi connectivity index (χ2n) is 6.72. The molecule has 2 aromatic rings. The molecule has 0 aliphatic rings. The van der Waals surface area contributed by atoms with Gasteiger partial charge in [-0.15, -0.1) is 6.58 Å². The molecule has 0 radical (unpaired) electrons. The van der Waals surface area contributed by atoms with Crippen molar-refractivity contribution < 1.29 is 4.74 Å². The molecule has 2 heterocycles. The van der Waals surface area contributed by atoms with Gasteiger partial charge in [-0.2, -0.15) is 4.98 Å². The lowest BCUT2D eigenvalue weighted by molar-refractivity contribution is 0.126. The van der Waals surface area contributed by atoms with Gasteiger partial charge in [0.25, 0.3) is 0 Å². The number of rotatable bonds is 10. The Hall–Kier alpha value is -2.47. The lowest BCUT2D eigenvalue weighted by atomic mass is 10.1. The Labute approximate surface area is 156 Å². The minimum Gasteiger partial charge on any atom is -0.459 e. The highest BCUT2D eigenvalue weighted by Gasteiger charge is 2.16. The van der Waals surface area contributed by atoms with E-state index in [2.05, 4.69) is 39.5 Å². The number of hydrogen-bond donors (Lipinski definition) is 0. The summed E-state index contributed by atoms with van der Waals surface area (Å²) in [5, 5.41) is 0. The van der Waals surface area contributed by atoms with Crippen LogP contribution in [0.15, 0.2) is 43.4 Å². The predicted molar refractivity (Wildman–Crippen MR) is 106 cm³/mol. The third-order valence-corrected chi connectivity index (χ3v) is 4.00. The molecule has 0 aliphatic heterocycles. The summed E-state index contributed by atoms with van der Waals surface area (Å²) in [6.07, 6.45) is 9.15. The van der Waals surface area contributed by atoms with Crippen molar-refractivity contribution in [3.8, 4) is 6.01 Å². The van der Waals surface area contributed by atoms with E-state index in [1.807, 2.05) is 50.5 Å². The van der Waals surface area contributed by atoms with E-state index >= 15 is 0 Å². The van der Waals surface area contributed by atoms with Gasteiger partial charge in [0.1, 0.15) is 11.9 Å². The van der Waals surface area contributed by atoms with E-state index in [4.69, 9.17) is 4.74 Å². The van der Waals surface area contributed by atoms with Crippen molar-refractivity contribution in [1.82, 2.24) is 19.9 Å². The first kappa shape index (κ1) is 19.8. The molecule has 2 rings (SSSR count). The van der Waals surface area contributed by atoms with Crippen LogP contribution in [0, 0.1) is 6.92 Å². The summed E-state index contributed by atoms with van der Waals surface area (Å²) in [5.41, 5.74) is 2.21. The largest absolute Gasteiger partial charge is 0.459 e. The van der Waals surface area contributed by atoms with Crippen LogP contribution >= 0.6 is 0 Å². The van der Waals surface area contributed by atoms with Gasteiger partial charge < -0.3 is 9.64 Å². The maximum absolute atomic E-state index is 6.12. The molecule has 0 aromatic carbocycles. The number of aromatic nitrogens is 3. The first-order valence-electron chi connectivity index (χ1n) is 8.85. The Morgan fingerprint density at radius 3 is 2.73 bits per heavy atom. The zero-order valence-corrected chi connectivity index (χ0v) is 16.2. The molecule has 0 saturated heterocycles. The fraction of sp³-hybridized carbons (Fsp3) is 0.450. The van der Waals surface area contributed by atoms with Gasteiger partial charge >= 0.3 is 6.01 Å². The summed E-state index contributed by atoms with van der Waals surface area (Å²) in [5.74, 6) is 0.876. The second kappa shape index (κ2) is 9.87. The van der Waals surface area contributed by atoms with Gasteiger partial charge in [0.2, 0.25) is 0 Å². The van der Waals surface area contributed by atoms with Crippen molar-refractivity contribution in [1.29, 1.82) is 0 Å². The summed E-state index contributed by atoms with van der Waals surface area (Å²) in [6, 6.07) is 4.45. The molecule has 0 amide bonds. The highest BCUT2D eigenvalue weighted by molar-refractivity contribution is 5.44. The van der Waals surface area contributed by atoms with Crippen LogP contribution in [0.4, 0.5) is 5.82 Å². The molecule has 26 heavy (non-hydrogen) atoms. The molecule has 0 unspecified atom stereocenters. The Balaban J connectivity index is 2.04. The van der Waals surface area contributed by atoms with Crippen LogP contribution in [0.2, 0.25) is 0 Å². The van der Waals surface area contributed by atoms with E-state index in [0.717, 1.165) is 37.3 Å². The van der Waals surface area contributed by atoms with Gasteiger partial charge in [-0.05, 0) is 38.4 Å². The van der Waals surface area contributed by atoms with Crippen LogP contribution in [0.3, 0.4) is 0 Å². The first-order valence-corrected chi connectivity index (χ1v) is 8.85. The number of hydrogen-bond acceptors (Lipinski definition) is 6. The number of likely N-dealkylation sites (N-methyl/N-ethyl adjacent to an activating group) is 1. The van der Waals surface area contributed by atoms with E-state index in [1.54, 1.807) is 6.20 Å². The Morgan fingerprint density at radius 1 is 1.27 bits per heavy atom. The van der Waals surface area contributed by atoms with E-state index in [0.29, 0.717) is 6.01 Å².